The quantitative estimate of drug-likeness (QED) is 0.831. The smallest absolute Gasteiger partial charge is 0.167 e. The number of ether oxygens (including phenoxy) is 1. The molecule has 2 unspecified atom stereocenters. The van der Waals surface area contributed by atoms with E-state index in [2.05, 4.69) is 12.2 Å². The largest absolute Gasteiger partial charge is 0.491 e. The molecule has 1 aliphatic heterocycles. The van der Waals surface area contributed by atoms with E-state index in [0.29, 0.717) is 0 Å². The Balaban J connectivity index is 2.07. The van der Waals surface area contributed by atoms with E-state index in [1.165, 1.54) is 0 Å². The van der Waals surface area contributed by atoms with E-state index in [9.17, 15) is 4.79 Å². The van der Waals surface area contributed by atoms with Gasteiger partial charge in [-0.2, -0.15) is 0 Å². The van der Waals surface area contributed by atoms with Gasteiger partial charge in [-0.15, -0.1) is 0 Å². The van der Waals surface area contributed by atoms with Gasteiger partial charge in [-0.1, -0.05) is 0 Å². The Morgan fingerprint density at radius 3 is 2.50 bits per heavy atom. The molecule has 2 atom stereocenters. The topological polar surface area (TPSA) is 38.3 Å². The zero-order valence-corrected chi connectivity index (χ0v) is 11.3. The standard InChI is InChI=1S/C15H21NO2/c1-10(2)18-13-6-4-12(5-7-13)15(17)14-8-9-16-11(14)3/h4-7,10-11,14,16H,8-9H2,1-3H3. The van der Waals surface area contributed by atoms with Crippen molar-refractivity contribution >= 4 is 5.78 Å². The summed E-state index contributed by atoms with van der Waals surface area (Å²) in [5, 5.41) is 3.31. The van der Waals surface area contributed by atoms with Crippen molar-refractivity contribution in [3.8, 4) is 5.75 Å². The average molecular weight is 247 g/mol. The van der Waals surface area contributed by atoms with Gasteiger partial charge in [-0.25, -0.2) is 0 Å². The number of carbonyl (C=O) groups is 1. The van der Waals surface area contributed by atoms with Crippen LogP contribution in [0.15, 0.2) is 24.3 Å². The third-order valence-corrected chi connectivity index (χ3v) is 3.37. The van der Waals surface area contributed by atoms with E-state index < -0.39 is 0 Å². The molecule has 98 valence electrons. The SMILES string of the molecule is CC(C)Oc1ccc(C(=O)C2CCNC2C)cc1. The number of hydrogen-bond acceptors (Lipinski definition) is 3. The van der Waals surface area contributed by atoms with Gasteiger partial charge >= 0.3 is 0 Å². The van der Waals surface area contributed by atoms with Crippen LogP contribution in [0.25, 0.3) is 0 Å². The van der Waals surface area contributed by atoms with Gasteiger partial charge in [0.2, 0.25) is 0 Å². The summed E-state index contributed by atoms with van der Waals surface area (Å²) < 4.78 is 5.57. The molecule has 1 heterocycles. The lowest BCUT2D eigenvalue weighted by Crippen LogP contribution is -2.28. The molecule has 0 aliphatic carbocycles. The summed E-state index contributed by atoms with van der Waals surface area (Å²) in [6, 6.07) is 7.76. The summed E-state index contributed by atoms with van der Waals surface area (Å²) in [6.07, 6.45) is 1.09. The van der Waals surface area contributed by atoms with Crippen LogP contribution < -0.4 is 10.1 Å². The maximum atomic E-state index is 12.3. The molecule has 1 aromatic rings. The minimum atomic E-state index is 0.113. The molecule has 1 saturated heterocycles. The fourth-order valence-electron chi connectivity index (χ4n) is 2.40. The first-order chi connectivity index (χ1) is 8.58. The van der Waals surface area contributed by atoms with Crippen molar-refractivity contribution in [2.75, 3.05) is 6.54 Å². The predicted molar refractivity (Wildman–Crippen MR) is 72.1 cm³/mol. The fraction of sp³-hybridized carbons (Fsp3) is 0.533. The third-order valence-electron chi connectivity index (χ3n) is 3.37. The van der Waals surface area contributed by atoms with Gasteiger partial charge in [-0.3, -0.25) is 4.79 Å². The summed E-state index contributed by atoms with van der Waals surface area (Å²) >= 11 is 0. The second kappa shape index (κ2) is 5.53. The molecule has 3 nitrogen and oxygen atoms in total. The highest BCUT2D eigenvalue weighted by molar-refractivity contribution is 5.98. The summed E-state index contributed by atoms with van der Waals surface area (Å²) in [5.74, 6) is 1.17. The van der Waals surface area contributed by atoms with Crippen LogP contribution >= 0.6 is 0 Å². The Hall–Kier alpha value is -1.35. The summed E-state index contributed by atoms with van der Waals surface area (Å²) in [6.45, 7) is 6.99. The van der Waals surface area contributed by atoms with Gasteiger partial charge in [-0.05, 0) is 58.0 Å². The molecular formula is C15H21NO2. The number of rotatable bonds is 4. The Labute approximate surface area is 109 Å². The molecule has 0 saturated carbocycles. The van der Waals surface area contributed by atoms with Crippen LogP contribution in [0.2, 0.25) is 0 Å². The van der Waals surface area contributed by atoms with Gasteiger partial charge in [0.25, 0.3) is 0 Å². The van der Waals surface area contributed by atoms with Crippen LogP contribution in [0.3, 0.4) is 0 Å². The lowest BCUT2D eigenvalue weighted by molar-refractivity contribution is 0.0914. The minimum Gasteiger partial charge on any atom is -0.491 e. The molecule has 0 amide bonds. The van der Waals surface area contributed by atoms with Crippen LogP contribution in [0.4, 0.5) is 0 Å². The van der Waals surface area contributed by atoms with Crippen molar-refractivity contribution in [3.05, 3.63) is 29.8 Å². The van der Waals surface area contributed by atoms with Crippen LogP contribution in [0, 0.1) is 5.92 Å². The lowest BCUT2D eigenvalue weighted by Gasteiger charge is -2.14. The molecule has 0 bridgehead atoms. The number of ketones is 1. The number of nitrogens with one attached hydrogen (secondary N) is 1. The summed E-state index contributed by atoms with van der Waals surface area (Å²) in [7, 11) is 0. The number of Topliss-reactive ketones (excluding diaryl/α,β-unsaturated/α-hetero) is 1. The molecule has 1 aromatic carbocycles. The zero-order valence-electron chi connectivity index (χ0n) is 11.3. The van der Waals surface area contributed by atoms with Crippen molar-refractivity contribution < 1.29 is 9.53 Å². The van der Waals surface area contributed by atoms with Crippen molar-refractivity contribution in [1.29, 1.82) is 0 Å². The lowest BCUT2D eigenvalue weighted by atomic mass is 9.92. The molecule has 0 aromatic heterocycles. The number of hydrogen-bond donors (Lipinski definition) is 1. The average Bonchev–Trinajstić information content (AvgIpc) is 2.75. The minimum absolute atomic E-state index is 0.113. The number of carbonyl (C=O) groups excluding carboxylic acids is 1. The molecule has 2 rings (SSSR count). The Morgan fingerprint density at radius 1 is 1.33 bits per heavy atom. The molecule has 0 radical (unpaired) electrons. The maximum Gasteiger partial charge on any atom is 0.167 e. The number of benzene rings is 1. The van der Waals surface area contributed by atoms with Crippen LogP contribution in [0.5, 0.6) is 5.75 Å². The predicted octanol–water partition coefficient (Wildman–Crippen LogP) is 2.65. The van der Waals surface area contributed by atoms with Gasteiger partial charge in [0.05, 0.1) is 6.10 Å². The molecule has 1 N–H and O–H groups in total. The second-order valence-electron chi connectivity index (χ2n) is 5.19. The van der Waals surface area contributed by atoms with Gasteiger partial charge in [0.15, 0.2) is 5.78 Å². The van der Waals surface area contributed by atoms with Gasteiger partial charge < -0.3 is 10.1 Å². The highest BCUT2D eigenvalue weighted by Crippen LogP contribution is 2.22. The Bertz CT molecular complexity index is 411. The van der Waals surface area contributed by atoms with Gasteiger partial charge in [0.1, 0.15) is 5.75 Å². The highest BCUT2D eigenvalue weighted by atomic mass is 16.5. The van der Waals surface area contributed by atoms with Crippen LogP contribution in [0.1, 0.15) is 37.6 Å². The second-order valence-corrected chi connectivity index (χ2v) is 5.19. The summed E-state index contributed by atoms with van der Waals surface area (Å²) in [5.41, 5.74) is 0.784. The van der Waals surface area contributed by atoms with E-state index in [1.807, 2.05) is 38.1 Å². The Kier molecular flexibility index (Phi) is 4.02. The van der Waals surface area contributed by atoms with E-state index in [1.54, 1.807) is 0 Å². The van der Waals surface area contributed by atoms with Crippen molar-refractivity contribution in [2.45, 2.75) is 39.3 Å². The first-order valence-electron chi connectivity index (χ1n) is 6.62. The maximum absolute atomic E-state index is 12.3. The van der Waals surface area contributed by atoms with E-state index in [4.69, 9.17) is 4.74 Å². The first kappa shape index (κ1) is 13.1. The van der Waals surface area contributed by atoms with E-state index >= 15 is 0 Å². The molecule has 3 heteroatoms. The third kappa shape index (κ3) is 2.91. The summed E-state index contributed by atoms with van der Waals surface area (Å²) in [4.78, 5) is 12.3. The first-order valence-corrected chi connectivity index (χ1v) is 6.62. The van der Waals surface area contributed by atoms with Crippen molar-refractivity contribution in [2.24, 2.45) is 5.92 Å². The normalized spacial score (nSPS) is 23.3. The van der Waals surface area contributed by atoms with Crippen LogP contribution in [-0.2, 0) is 0 Å². The fourth-order valence-corrected chi connectivity index (χ4v) is 2.40. The van der Waals surface area contributed by atoms with Crippen LogP contribution in [-0.4, -0.2) is 24.5 Å². The highest BCUT2D eigenvalue weighted by Gasteiger charge is 2.29. The zero-order chi connectivity index (χ0) is 13.1. The molecule has 18 heavy (non-hydrogen) atoms. The molecule has 1 fully saturated rings. The van der Waals surface area contributed by atoms with Gasteiger partial charge in [0, 0.05) is 17.5 Å². The molecular weight excluding hydrogens is 226 g/mol. The van der Waals surface area contributed by atoms with Crippen molar-refractivity contribution in [3.63, 3.8) is 0 Å². The Morgan fingerprint density at radius 2 is 2.00 bits per heavy atom. The molecule has 0 spiro atoms. The molecule has 1 aliphatic rings. The van der Waals surface area contributed by atoms with Crippen molar-refractivity contribution in [1.82, 2.24) is 5.32 Å². The van der Waals surface area contributed by atoms with E-state index in [0.717, 1.165) is 24.3 Å². The monoisotopic (exact) mass is 247 g/mol. The van der Waals surface area contributed by atoms with E-state index in [-0.39, 0.29) is 23.8 Å².